The Bertz CT molecular complexity index is 1710. The van der Waals surface area contributed by atoms with Crippen molar-refractivity contribution in [1.29, 1.82) is 0 Å². The van der Waals surface area contributed by atoms with E-state index in [1.54, 1.807) is 21.3 Å². The van der Waals surface area contributed by atoms with Gasteiger partial charge in [0.1, 0.15) is 24.2 Å². The molecule has 64 heavy (non-hydrogen) atoms. The number of cyclic esters (lactones) is 1. The van der Waals surface area contributed by atoms with Gasteiger partial charge in [-0.15, -0.1) is 0 Å². The molecule has 0 radical (unpaired) electrons. The number of hydrogen-bond acceptors (Lipinski definition) is 12. The lowest BCUT2D eigenvalue weighted by Gasteiger charge is -2.54. The molecular weight excluding hydrogens is 819 g/mol. The molecule has 1 N–H and O–H groups in total. The number of carbonyl (C=O) groups is 4. The number of likely N-dealkylation sites (tertiary alicyclic amines) is 1. The fraction of sp³-hybridized carbons (Fsp3) is 0.880. The number of ether oxygens (including phenoxy) is 6. The van der Waals surface area contributed by atoms with E-state index in [-0.39, 0.29) is 86.5 Å². The molecule has 358 valence electrons. The fourth-order valence-corrected chi connectivity index (χ4v) is 15.3. The Kier molecular flexibility index (Phi) is 14.8. The Morgan fingerprint density at radius 3 is 2.11 bits per heavy atom. The molecule has 0 bridgehead atoms. The number of esters is 1. The number of morpholine rings is 1. The van der Waals surface area contributed by atoms with Crippen LogP contribution in [-0.4, -0.2) is 147 Å². The third-order valence-corrected chi connectivity index (χ3v) is 17.9. The van der Waals surface area contributed by atoms with E-state index in [1.165, 1.54) is 11.3 Å². The highest BCUT2D eigenvalue weighted by atomic mass is 16.6. The minimum atomic E-state index is -1.53. The molecule has 6 unspecified atom stereocenters. The van der Waals surface area contributed by atoms with E-state index in [4.69, 9.17) is 28.4 Å². The van der Waals surface area contributed by atoms with E-state index >= 15 is 14.4 Å². The Hall–Kier alpha value is -2.62. The zero-order valence-electron chi connectivity index (χ0n) is 39.0. The summed E-state index contributed by atoms with van der Waals surface area (Å²) in [5.74, 6) is -1.42. The minimum absolute atomic E-state index is 0.00866. The number of amides is 3. The molecule has 7 fully saturated rings. The fourth-order valence-electron chi connectivity index (χ4n) is 15.3. The summed E-state index contributed by atoms with van der Waals surface area (Å²) in [7, 11) is 5.02. The van der Waals surface area contributed by atoms with Crippen LogP contribution in [0.25, 0.3) is 0 Å². The van der Waals surface area contributed by atoms with Crippen molar-refractivity contribution in [2.75, 3.05) is 60.8 Å². The van der Waals surface area contributed by atoms with Crippen LogP contribution in [0.3, 0.4) is 0 Å². The van der Waals surface area contributed by atoms with Crippen LogP contribution >= 0.6 is 0 Å². The van der Waals surface area contributed by atoms with Gasteiger partial charge in [-0.1, -0.05) is 51.4 Å². The number of piperidine rings is 1. The largest absolute Gasteiger partial charge is 0.459 e. The van der Waals surface area contributed by atoms with E-state index in [1.807, 2.05) is 4.90 Å². The maximum atomic E-state index is 16.5. The Morgan fingerprint density at radius 2 is 1.41 bits per heavy atom. The first-order valence-corrected chi connectivity index (χ1v) is 25.6. The summed E-state index contributed by atoms with van der Waals surface area (Å²) in [6.45, 7) is 1.21. The van der Waals surface area contributed by atoms with Crippen molar-refractivity contribution in [3.63, 3.8) is 0 Å². The third-order valence-electron chi connectivity index (χ3n) is 17.9. The summed E-state index contributed by atoms with van der Waals surface area (Å²) < 4.78 is 36.6. The molecule has 9 rings (SSSR count). The zero-order chi connectivity index (χ0) is 44.5. The summed E-state index contributed by atoms with van der Waals surface area (Å²) in [6, 6.07) is -1.81. The van der Waals surface area contributed by atoms with E-state index < -0.39 is 41.4 Å². The zero-order valence-corrected chi connectivity index (χ0v) is 39.0. The standard InChI is InChI=1S/C50H77N3O11/c1-59-26-27-63-49(58)52-37-20-12-11-19-36(37)50(48(52)57)41(46(55)51-23-22-33-28-39(60-2)40(61-3)29-34(33)30-51)43-47(56)64-44(32-16-8-5-9-17-32)42(31-14-6-4-7-15-31)53(43)45(50)35-18-10-13-21-38(35)62-25-24-54/h31-35,38-45,54H,4-30H2,1-3H3/t33?,34?,35?,38?,39?,40?,41-,42-,43-,44+,45+,50-/m1/s1. The van der Waals surface area contributed by atoms with Gasteiger partial charge in [-0.3, -0.25) is 19.3 Å². The number of aliphatic hydroxyl groups excluding tert-OH is 1. The van der Waals surface area contributed by atoms with Crippen molar-refractivity contribution in [3.8, 4) is 0 Å². The maximum Gasteiger partial charge on any atom is 0.421 e. The highest BCUT2D eigenvalue weighted by Crippen LogP contribution is 2.65. The molecule has 4 saturated carbocycles. The van der Waals surface area contributed by atoms with E-state index in [0.29, 0.717) is 37.5 Å². The molecule has 9 aliphatic rings. The Balaban J connectivity index is 1.24. The van der Waals surface area contributed by atoms with Gasteiger partial charge in [0.15, 0.2) is 0 Å². The second kappa shape index (κ2) is 20.3. The van der Waals surface area contributed by atoms with Gasteiger partial charge in [0.2, 0.25) is 11.8 Å². The van der Waals surface area contributed by atoms with Gasteiger partial charge >= 0.3 is 12.1 Å². The Morgan fingerprint density at radius 1 is 0.734 bits per heavy atom. The second-order valence-corrected chi connectivity index (χ2v) is 20.9. The molecule has 14 heteroatoms. The lowest BCUT2D eigenvalue weighted by Crippen LogP contribution is -2.66. The van der Waals surface area contributed by atoms with Crippen molar-refractivity contribution in [3.05, 3.63) is 11.3 Å². The highest BCUT2D eigenvalue weighted by molar-refractivity contribution is 6.07. The van der Waals surface area contributed by atoms with Crippen molar-refractivity contribution >= 4 is 23.9 Å². The Labute approximate surface area is 380 Å². The number of carbonyl (C=O) groups excluding carboxylic acids is 4. The van der Waals surface area contributed by atoms with Crippen LogP contribution in [0.2, 0.25) is 0 Å². The van der Waals surface area contributed by atoms with Gasteiger partial charge in [-0.05, 0) is 113 Å². The van der Waals surface area contributed by atoms with Crippen LogP contribution in [0.4, 0.5) is 4.79 Å². The van der Waals surface area contributed by atoms with E-state index in [9.17, 15) is 9.90 Å². The van der Waals surface area contributed by atoms with Gasteiger partial charge < -0.3 is 38.4 Å². The van der Waals surface area contributed by atoms with Crippen molar-refractivity contribution < 1.29 is 52.7 Å². The SMILES string of the molecule is COCCOC(=O)N1C(=O)[C@@]2(C3=C1CCCC3)[C@H](C1CCCCC1OCCO)N1[C@H](C3CCCCC3)[C@H](C3CCCCC3)OC(=O)[C@H]1[C@@H]2C(=O)N1CCC2CC(OC)C(OC)CC2C1. The first-order chi connectivity index (χ1) is 31.3. The average molecular weight is 896 g/mol. The number of rotatable bonds is 12. The predicted octanol–water partition coefficient (Wildman–Crippen LogP) is 6.41. The molecule has 4 heterocycles. The first kappa shape index (κ1) is 46.5. The summed E-state index contributed by atoms with van der Waals surface area (Å²) in [4.78, 5) is 68.8. The molecule has 14 nitrogen and oxygen atoms in total. The highest BCUT2D eigenvalue weighted by Gasteiger charge is 2.78. The van der Waals surface area contributed by atoms with Crippen molar-refractivity contribution in [2.24, 2.45) is 40.9 Å². The van der Waals surface area contributed by atoms with Crippen LogP contribution in [0.1, 0.15) is 135 Å². The van der Waals surface area contributed by atoms with Gasteiger partial charge in [0.05, 0.1) is 50.1 Å². The molecule has 3 amide bonds. The van der Waals surface area contributed by atoms with Crippen molar-refractivity contribution in [2.45, 2.75) is 177 Å². The smallest absolute Gasteiger partial charge is 0.421 e. The molecule has 0 aromatic rings. The summed E-state index contributed by atoms with van der Waals surface area (Å²) in [6.07, 6.45) is 17.6. The van der Waals surface area contributed by atoms with Crippen LogP contribution in [-0.2, 0) is 42.8 Å². The van der Waals surface area contributed by atoms with Crippen molar-refractivity contribution in [1.82, 2.24) is 14.7 Å². The second-order valence-electron chi connectivity index (χ2n) is 20.9. The molecule has 4 aliphatic heterocycles. The minimum Gasteiger partial charge on any atom is -0.459 e. The summed E-state index contributed by atoms with van der Waals surface area (Å²) >= 11 is 0. The number of allylic oxidation sites excluding steroid dienone is 1. The first-order valence-electron chi connectivity index (χ1n) is 25.6. The van der Waals surface area contributed by atoms with E-state index in [0.717, 1.165) is 121 Å². The van der Waals surface area contributed by atoms with Crippen LogP contribution in [0.15, 0.2) is 11.3 Å². The topological polar surface area (TPSA) is 154 Å². The van der Waals surface area contributed by atoms with Gasteiger partial charge in [-0.2, -0.15) is 0 Å². The number of aliphatic hydroxyl groups is 1. The van der Waals surface area contributed by atoms with Crippen LogP contribution < -0.4 is 0 Å². The molecule has 5 aliphatic carbocycles. The number of hydrogen-bond donors (Lipinski definition) is 1. The van der Waals surface area contributed by atoms with Gasteiger partial charge in [0, 0.05) is 52.1 Å². The maximum absolute atomic E-state index is 16.5. The van der Waals surface area contributed by atoms with Crippen LogP contribution in [0.5, 0.6) is 0 Å². The lowest BCUT2D eigenvalue weighted by atomic mass is 9.59. The predicted molar refractivity (Wildman–Crippen MR) is 236 cm³/mol. The molecular formula is C50H77N3O11. The van der Waals surface area contributed by atoms with Gasteiger partial charge in [0.25, 0.3) is 0 Å². The quantitative estimate of drug-likeness (QED) is 0.170. The number of methoxy groups -OCH3 is 3. The van der Waals surface area contributed by atoms with Crippen LogP contribution in [0, 0.1) is 40.9 Å². The molecule has 3 saturated heterocycles. The molecule has 1 spiro atoms. The third kappa shape index (κ3) is 8.17. The van der Waals surface area contributed by atoms with Gasteiger partial charge in [-0.25, -0.2) is 9.69 Å². The number of imide groups is 1. The summed E-state index contributed by atoms with van der Waals surface area (Å²) in [5.41, 5.74) is -0.0416. The molecule has 0 aromatic carbocycles. The lowest BCUT2D eigenvalue weighted by molar-refractivity contribution is -0.193. The van der Waals surface area contributed by atoms with E-state index in [2.05, 4.69) is 4.90 Å². The average Bonchev–Trinajstić information content (AvgIpc) is 3.79. The number of nitrogens with zero attached hydrogens (tertiary/aromatic N) is 3. The molecule has 12 atom stereocenters. The monoisotopic (exact) mass is 896 g/mol. The number of fused-ring (bicyclic) bond motifs is 3. The molecule has 0 aromatic heterocycles. The summed E-state index contributed by atoms with van der Waals surface area (Å²) in [5, 5.41) is 10.2. The normalized spacial score (nSPS) is 38.8.